The summed E-state index contributed by atoms with van der Waals surface area (Å²) in [5, 5.41) is 11.4. The van der Waals surface area contributed by atoms with Crippen LogP contribution in [0.15, 0.2) is 127 Å². The number of carbonyl (C=O) groups excluding carboxylic acids is 4. The third-order valence-electron chi connectivity index (χ3n) is 9.11. The van der Waals surface area contributed by atoms with Gasteiger partial charge < -0.3 is 10.4 Å². The molecule has 2 heterocycles. The van der Waals surface area contributed by atoms with Crippen molar-refractivity contribution in [3.63, 3.8) is 0 Å². The van der Waals surface area contributed by atoms with E-state index in [1.807, 2.05) is 78.9 Å². The van der Waals surface area contributed by atoms with Gasteiger partial charge in [0.2, 0.25) is 11.1 Å². The minimum Gasteiger partial charge on any atom is -0.481 e. The maximum atomic E-state index is 12.6. The van der Waals surface area contributed by atoms with Crippen molar-refractivity contribution >= 4 is 46.1 Å². The summed E-state index contributed by atoms with van der Waals surface area (Å²) in [6, 6.07) is 32.2. The Balaban J connectivity index is 0.000000157. The van der Waals surface area contributed by atoms with Gasteiger partial charge in [0.15, 0.2) is 0 Å². The van der Waals surface area contributed by atoms with Gasteiger partial charge in [-0.2, -0.15) is 0 Å². The van der Waals surface area contributed by atoms with Crippen LogP contribution in [0.4, 0.5) is 0 Å². The lowest BCUT2D eigenvalue weighted by Crippen LogP contribution is -2.37. The standard InChI is InChI=1S/C20H15NO2.C15H12O2.C5H9ClO.C5H7NO/c22-19-11-5-6-12-21(19)20(23)13-18-16-9-3-1-7-14(16)15-8-2-4-10-17(15)18;16-15(17)9-14-12-7-3-1-5-10(12)11-6-2-4-8-13(11)14;1-5(2,3)4(6)7;7-5-3-1-2-4-6-5/h1-5,7-11,13H,6,12H2;1-8,14H,9H2,(H,16,17);1-3H3;1,3H,2,4H2,(H,6,7). The lowest BCUT2D eigenvalue weighted by atomic mass is 9.94. The van der Waals surface area contributed by atoms with E-state index in [1.54, 1.807) is 39.0 Å². The molecule has 8 rings (SSSR count). The number of aliphatic carboxylic acids is 1. The number of carboxylic acids is 1. The molecular formula is C45H43ClN2O6. The smallest absolute Gasteiger partial charge is 0.304 e. The zero-order valence-electron chi connectivity index (χ0n) is 30.6. The van der Waals surface area contributed by atoms with Crippen LogP contribution in [0.3, 0.4) is 0 Å². The molecular weight excluding hydrogens is 700 g/mol. The van der Waals surface area contributed by atoms with Crippen molar-refractivity contribution in [3.05, 3.63) is 150 Å². The largest absolute Gasteiger partial charge is 0.481 e. The molecule has 0 aromatic heterocycles. The van der Waals surface area contributed by atoms with E-state index >= 15 is 0 Å². The molecule has 0 saturated heterocycles. The predicted octanol–water partition coefficient (Wildman–Crippen LogP) is 8.55. The average molecular weight is 743 g/mol. The van der Waals surface area contributed by atoms with Crippen LogP contribution in [0, 0.1) is 5.41 Å². The summed E-state index contributed by atoms with van der Waals surface area (Å²) in [5.74, 6) is -1.20. The third-order valence-corrected chi connectivity index (χ3v) is 9.68. The maximum Gasteiger partial charge on any atom is 0.304 e. The first kappa shape index (κ1) is 39.3. The van der Waals surface area contributed by atoms with Gasteiger partial charge in [-0.25, -0.2) is 0 Å². The first-order valence-corrected chi connectivity index (χ1v) is 18.2. The lowest BCUT2D eigenvalue weighted by molar-refractivity contribution is -0.139. The first-order chi connectivity index (χ1) is 25.9. The molecule has 276 valence electrons. The molecule has 8 nitrogen and oxygen atoms in total. The Morgan fingerprint density at radius 3 is 1.61 bits per heavy atom. The molecule has 4 aliphatic rings. The van der Waals surface area contributed by atoms with Crippen LogP contribution >= 0.6 is 11.6 Å². The van der Waals surface area contributed by atoms with Crippen LogP contribution < -0.4 is 5.32 Å². The molecule has 0 saturated carbocycles. The van der Waals surface area contributed by atoms with Crippen molar-refractivity contribution in [2.75, 3.05) is 13.1 Å². The van der Waals surface area contributed by atoms with Crippen LogP contribution in [0.1, 0.15) is 68.2 Å². The van der Waals surface area contributed by atoms with Crippen molar-refractivity contribution in [3.8, 4) is 22.3 Å². The Morgan fingerprint density at radius 2 is 1.20 bits per heavy atom. The van der Waals surface area contributed by atoms with Crippen LogP contribution in [0.2, 0.25) is 0 Å². The maximum absolute atomic E-state index is 12.6. The summed E-state index contributed by atoms with van der Waals surface area (Å²) in [6.07, 6.45) is 10.2. The fourth-order valence-corrected chi connectivity index (χ4v) is 6.40. The molecule has 4 aromatic carbocycles. The minimum atomic E-state index is -0.749. The number of carboxylic acid groups (broad SMARTS) is 1. The SMILES string of the molecule is CC(C)(C)C(=O)Cl.O=C(O)CC1c2ccccc2-c2ccccc21.O=C1C=CCCN1.O=C1C=CCCN1C(=O)C=C1c2ccccc2-c2ccccc21. The second kappa shape index (κ2) is 17.8. The topological polar surface area (TPSA) is 121 Å². The van der Waals surface area contributed by atoms with Gasteiger partial charge >= 0.3 is 5.97 Å². The number of imide groups is 1. The Bertz CT molecular complexity index is 2070. The monoisotopic (exact) mass is 742 g/mol. The van der Waals surface area contributed by atoms with Crippen molar-refractivity contribution in [2.24, 2.45) is 5.41 Å². The molecule has 2 N–H and O–H groups in total. The normalized spacial score (nSPS) is 14.7. The quantitative estimate of drug-likeness (QED) is 0.141. The lowest BCUT2D eigenvalue weighted by Gasteiger charge is -2.20. The predicted molar refractivity (Wildman–Crippen MR) is 212 cm³/mol. The Labute approximate surface area is 320 Å². The fourth-order valence-electron chi connectivity index (χ4n) is 6.40. The van der Waals surface area contributed by atoms with Crippen molar-refractivity contribution in [1.29, 1.82) is 0 Å². The van der Waals surface area contributed by atoms with E-state index < -0.39 is 5.97 Å². The zero-order chi connectivity index (χ0) is 38.8. The van der Waals surface area contributed by atoms with Crippen molar-refractivity contribution in [1.82, 2.24) is 10.2 Å². The molecule has 0 radical (unpaired) electrons. The van der Waals surface area contributed by atoms with E-state index in [-0.39, 0.29) is 40.7 Å². The molecule has 3 amide bonds. The summed E-state index contributed by atoms with van der Waals surface area (Å²) in [4.78, 5) is 57.2. The zero-order valence-corrected chi connectivity index (χ0v) is 31.3. The number of fused-ring (bicyclic) bond motifs is 6. The van der Waals surface area contributed by atoms with E-state index in [2.05, 4.69) is 29.6 Å². The van der Waals surface area contributed by atoms with E-state index in [1.165, 1.54) is 22.1 Å². The molecule has 0 spiro atoms. The Morgan fingerprint density at radius 1 is 0.741 bits per heavy atom. The summed E-state index contributed by atoms with van der Waals surface area (Å²) >= 11 is 5.11. The van der Waals surface area contributed by atoms with Crippen LogP contribution in [0.25, 0.3) is 27.8 Å². The first-order valence-electron chi connectivity index (χ1n) is 17.8. The molecule has 4 aromatic rings. The molecule has 0 fully saturated rings. The highest BCUT2D eigenvalue weighted by Crippen LogP contribution is 2.46. The third kappa shape index (κ3) is 9.57. The van der Waals surface area contributed by atoms with Crippen LogP contribution in [0.5, 0.6) is 0 Å². The van der Waals surface area contributed by atoms with Gasteiger partial charge in [-0.3, -0.25) is 28.9 Å². The molecule has 54 heavy (non-hydrogen) atoms. The summed E-state index contributed by atoms with van der Waals surface area (Å²) in [6.45, 7) is 6.59. The van der Waals surface area contributed by atoms with Gasteiger partial charge in [0.05, 0.1) is 6.42 Å². The molecule has 0 atom stereocenters. The number of amides is 3. The number of hydrogen-bond donors (Lipinski definition) is 2. The van der Waals surface area contributed by atoms with Crippen molar-refractivity contribution in [2.45, 2.75) is 46.0 Å². The Hall–Kier alpha value is -5.86. The number of nitrogens with zero attached hydrogens (tertiary/aromatic N) is 1. The highest BCUT2D eigenvalue weighted by atomic mass is 35.5. The molecule has 0 bridgehead atoms. The van der Waals surface area contributed by atoms with Gasteiger partial charge in [0.25, 0.3) is 11.8 Å². The van der Waals surface area contributed by atoms with Crippen molar-refractivity contribution < 1.29 is 29.1 Å². The molecule has 2 aliphatic heterocycles. The second-order valence-electron chi connectivity index (χ2n) is 14.0. The summed E-state index contributed by atoms with van der Waals surface area (Å²) in [7, 11) is 0. The number of benzene rings is 4. The summed E-state index contributed by atoms with van der Waals surface area (Å²) in [5.41, 5.74) is 9.49. The number of rotatable bonds is 3. The molecule has 2 aliphatic carbocycles. The van der Waals surface area contributed by atoms with E-state index in [4.69, 9.17) is 16.7 Å². The van der Waals surface area contributed by atoms with Crippen LogP contribution in [-0.4, -0.2) is 52.0 Å². The minimum absolute atomic E-state index is 0.0000926. The Kier molecular flexibility index (Phi) is 13.0. The van der Waals surface area contributed by atoms with Gasteiger partial charge in [0, 0.05) is 30.5 Å². The van der Waals surface area contributed by atoms with E-state index in [0.717, 1.165) is 51.9 Å². The van der Waals surface area contributed by atoms with Gasteiger partial charge in [-0.1, -0.05) is 130 Å². The number of carbonyl (C=O) groups is 5. The fraction of sp³-hybridized carbons (Fsp3) is 0.222. The van der Waals surface area contributed by atoms with Gasteiger partial charge in [-0.15, -0.1) is 0 Å². The number of halogens is 1. The highest BCUT2D eigenvalue weighted by Gasteiger charge is 2.29. The van der Waals surface area contributed by atoms with E-state index in [0.29, 0.717) is 13.0 Å². The average Bonchev–Trinajstić information content (AvgIpc) is 3.65. The van der Waals surface area contributed by atoms with Gasteiger partial charge in [-0.05, 0) is 86.7 Å². The van der Waals surface area contributed by atoms with E-state index in [9.17, 15) is 24.0 Å². The highest BCUT2D eigenvalue weighted by molar-refractivity contribution is 6.64. The van der Waals surface area contributed by atoms with Gasteiger partial charge in [0.1, 0.15) is 0 Å². The molecule has 0 unspecified atom stereocenters. The number of hydrogen-bond acceptors (Lipinski definition) is 5. The summed E-state index contributed by atoms with van der Waals surface area (Å²) < 4.78 is 0. The molecule has 9 heteroatoms. The number of nitrogens with one attached hydrogen (secondary N) is 1. The second-order valence-corrected chi connectivity index (χ2v) is 14.3. The van der Waals surface area contributed by atoms with Crippen LogP contribution in [-0.2, 0) is 24.0 Å².